The molecule has 1 atom stereocenters. The van der Waals surface area contributed by atoms with Crippen LogP contribution in [0.3, 0.4) is 0 Å². The Bertz CT molecular complexity index is 289. The van der Waals surface area contributed by atoms with Gasteiger partial charge in [-0.15, -0.1) is 0 Å². The molecule has 0 aliphatic heterocycles. The fraction of sp³-hybridized carbons (Fsp3) is 0.538. The average molecular weight is 176 g/mol. The van der Waals surface area contributed by atoms with E-state index < -0.39 is 0 Å². The van der Waals surface area contributed by atoms with Crippen LogP contribution >= 0.6 is 0 Å². The van der Waals surface area contributed by atoms with Crippen LogP contribution in [0.5, 0.6) is 0 Å². The van der Waals surface area contributed by atoms with Gasteiger partial charge in [-0.05, 0) is 27.2 Å². The summed E-state index contributed by atoms with van der Waals surface area (Å²) in [5.74, 6) is 0. The minimum absolute atomic E-state index is 0.262. The number of hydrogen-bond donors (Lipinski definition) is 0. The predicted molar refractivity (Wildman–Crippen MR) is 59.7 cm³/mol. The van der Waals surface area contributed by atoms with Crippen molar-refractivity contribution in [3.63, 3.8) is 0 Å². The standard InChI is InChI=1S/C13H20/c1-6-13(5)9-10(2)7-8-11(3)12(13)4/h7-9H,6H2,1-5H3. The van der Waals surface area contributed by atoms with Crippen molar-refractivity contribution < 1.29 is 0 Å². The molecule has 0 saturated heterocycles. The van der Waals surface area contributed by atoms with Crippen LogP contribution in [-0.2, 0) is 0 Å². The average Bonchev–Trinajstić information content (AvgIpc) is 2.19. The van der Waals surface area contributed by atoms with Crippen molar-refractivity contribution >= 4 is 0 Å². The molecule has 0 nitrogen and oxygen atoms in total. The Morgan fingerprint density at radius 1 is 1.15 bits per heavy atom. The van der Waals surface area contributed by atoms with Crippen molar-refractivity contribution in [2.24, 2.45) is 5.41 Å². The molecule has 0 aromatic rings. The summed E-state index contributed by atoms with van der Waals surface area (Å²) in [5.41, 5.74) is 4.55. The fourth-order valence-corrected chi connectivity index (χ4v) is 1.86. The van der Waals surface area contributed by atoms with Gasteiger partial charge in [0.1, 0.15) is 0 Å². The van der Waals surface area contributed by atoms with Gasteiger partial charge in [-0.2, -0.15) is 0 Å². The Labute approximate surface area is 82.0 Å². The minimum atomic E-state index is 0.262. The molecule has 0 N–H and O–H groups in total. The monoisotopic (exact) mass is 176 g/mol. The Morgan fingerprint density at radius 2 is 1.77 bits per heavy atom. The second kappa shape index (κ2) is 3.53. The molecule has 72 valence electrons. The highest BCUT2D eigenvalue weighted by molar-refractivity contribution is 5.39. The van der Waals surface area contributed by atoms with Crippen molar-refractivity contribution in [3.8, 4) is 0 Å². The molecule has 1 aliphatic rings. The zero-order valence-corrected chi connectivity index (χ0v) is 9.44. The minimum Gasteiger partial charge on any atom is -0.0716 e. The molecule has 0 saturated carbocycles. The first-order chi connectivity index (χ1) is 5.99. The van der Waals surface area contributed by atoms with Gasteiger partial charge in [-0.25, -0.2) is 0 Å². The van der Waals surface area contributed by atoms with Crippen molar-refractivity contribution in [2.75, 3.05) is 0 Å². The molecule has 0 heterocycles. The molecule has 0 bridgehead atoms. The van der Waals surface area contributed by atoms with Gasteiger partial charge in [0.15, 0.2) is 0 Å². The molecule has 13 heavy (non-hydrogen) atoms. The van der Waals surface area contributed by atoms with Crippen molar-refractivity contribution in [2.45, 2.75) is 41.0 Å². The number of allylic oxidation sites excluding steroid dienone is 6. The highest BCUT2D eigenvalue weighted by Crippen LogP contribution is 2.37. The van der Waals surface area contributed by atoms with Crippen molar-refractivity contribution in [1.29, 1.82) is 0 Å². The Kier molecular flexibility index (Phi) is 2.80. The predicted octanol–water partition coefficient (Wildman–Crippen LogP) is 4.26. The zero-order valence-electron chi connectivity index (χ0n) is 9.44. The first-order valence-corrected chi connectivity index (χ1v) is 5.05. The maximum atomic E-state index is 2.38. The zero-order chi connectivity index (χ0) is 10.1. The normalized spacial score (nSPS) is 28.8. The van der Waals surface area contributed by atoms with Gasteiger partial charge >= 0.3 is 0 Å². The van der Waals surface area contributed by atoms with E-state index in [0.717, 1.165) is 0 Å². The Morgan fingerprint density at radius 3 is 2.31 bits per heavy atom. The van der Waals surface area contributed by atoms with E-state index in [-0.39, 0.29) is 5.41 Å². The molecule has 0 radical (unpaired) electrons. The van der Waals surface area contributed by atoms with E-state index >= 15 is 0 Å². The van der Waals surface area contributed by atoms with Crippen LogP contribution in [0.4, 0.5) is 0 Å². The lowest BCUT2D eigenvalue weighted by Gasteiger charge is -2.26. The van der Waals surface area contributed by atoms with Gasteiger partial charge in [0.05, 0.1) is 0 Å². The van der Waals surface area contributed by atoms with Gasteiger partial charge in [0, 0.05) is 5.41 Å². The summed E-state index contributed by atoms with van der Waals surface area (Å²) in [6.07, 6.45) is 7.99. The second-order valence-electron chi connectivity index (χ2n) is 4.30. The van der Waals surface area contributed by atoms with Gasteiger partial charge < -0.3 is 0 Å². The van der Waals surface area contributed by atoms with Gasteiger partial charge in [-0.1, -0.05) is 48.8 Å². The molecule has 0 fully saturated rings. The summed E-state index contributed by atoms with van der Waals surface area (Å²) in [6.45, 7) is 11.2. The Balaban J connectivity index is 3.22. The third-order valence-electron chi connectivity index (χ3n) is 3.33. The van der Waals surface area contributed by atoms with Gasteiger partial charge in [0.25, 0.3) is 0 Å². The SMILES string of the molecule is CCC1(C)C=C(C)C=CC(C)=C1C. The summed E-state index contributed by atoms with van der Waals surface area (Å²) in [5, 5.41) is 0. The molecule has 0 heteroatoms. The van der Waals surface area contributed by atoms with E-state index in [9.17, 15) is 0 Å². The van der Waals surface area contributed by atoms with E-state index in [4.69, 9.17) is 0 Å². The molecule has 1 aliphatic carbocycles. The third kappa shape index (κ3) is 1.93. The van der Waals surface area contributed by atoms with Gasteiger partial charge in [0.2, 0.25) is 0 Å². The van der Waals surface area contributed by atoms with E-state index in [1.54, 1.807) is 0 Å². The van der Waals surface area contributed by atoms with Crippen molar-refractivity contribution in [1.82, 2.24) is 0 Å². The van der Waals surface area contributed by atoms with Crippen LogP contribution in [-0.4, -0.2) is 0 Å². The van der Waals surface area contributed by atoms with E-state index in [0.29, 0.717) is 0 Å². The van der Waals surface area contributed by atoms with Crippen molar-refractivity contribution in [3.05, 3.63) is 34.9 Å². The summed E-state index contributed by atoms with van der Waals surface area (Å²) >= 11 is 0. The van der Waals surface area contributed by atoms with Crippen LogP contribution < -0.4 is 0 Å². The molecule has 0 amide bonds. The molecular weight excluding hydrogens is 156 g/mol. The Hall–Kier alpha value is -0.780. The summed E-state index contributed by atoms with van der Waals surface area (Å²) in [4.78, 5) is 0. The lowest BCUT2D eigenvalue weighted by molar-refractivity contribution is 0.489. The summed E-state index contributed by atoms with van der Waals surface area (Å²) < 4.78 is 0. The number of hydrogen-bond acceptors (Lipinski definition) is 0. The smallest absolute Gasteiger partial charge is 0.00685 e. The second-order valence-corrected chi connectivity index (χ2v) is 4.30. The third-order valence-corrected chi connectivity index (χ3v) is 3.33. The number of rotatable bonds is 1. The first-order valence-electron chi connectivity index (χ1n) is 5.05. The van der Waals surface area contributed by atoms with Crippen LogP contribution in [0.1, 0.15) is 41.0 Å². The molecule has 1 rings (SSSR count). The highest BCUT2D eigenvalue weighted by Gasteiger charge is 2.23. The highest BCUT2D eigenvalue weighted by atomic mass is 14.3. The van der Waals surface area contributed by atoms with Gasteiger partial charge in [-0.3, -0.25) is 0 Å². The largest absolute Gasteiger partial charge is 0.0716 e. The molecular formula is C13H20. The van der Waals surface area contributed by atoms with E-state index in [2.05, 4.69) is 52.8 Å². The van der Waals surface area contributed by atoms with Crippen LogP contribution in [0.25, 0.3) is 0 Å². The molecule has 0 spiro atoms. The van der Waals surface area contributed by atoms with Crippen LogP contribution in [0.2, 0.25) is 0 Å². The fourth-order valence-electron chi connectivity index (χ4n) is 1.86. The summed E-state index contributed by atoms with van der Waals surface area (Å²) in [6, 6.07) is 0. The maximum absolute atomic E-state index is 2.38. The van der Waals surface area contributed by atoms with E-state index in [1.165, 1.54) is 23.1 Å². The molecule has 1 unspecified atom stereocenters. The quantitative estimate of drug-likeness (QED) is 0.560. The molecule has 0 aromatic carbocycles. The molecule has 0 aromatic heterocycles. The topological polar surface area (TPSA) is 0 Å². The lowest BCUT2D eigenvalue weighted by atomic mass is 9.78. The first kappa shape index (κ1) is 10.3. The van der Waals surface area contributed by atoms with Crippen LogP contribution in [0, 0.1) is 5.41 Å². The summed E-state index contributed by atoms with van der Waals surface area (Å²) in [7, 11) is 0. The lowest BCUT2D eigenvalue weighted by Crippen LogP contribution is -2.14. The van der Waals surface area contributed by atoms with E-state index in [1.807, 2.05) is 0 Å². The van der Waals surface area contributed by atoms with Crippen LogP contribution in [0.15, 0.2) is 34.9 Å². The maximum Gasteiger partial charge on any atom is 0.00685 e.